The lowest BCUT2D eigenvalue weighted by atomic mass is 10.1. The van der Waals surface area contributed by atoms with Crippen LogP contribution in [0.25, 0.3) is 16.7 Å². The van der Waals surface area contributed by atoms with E-state index in [0.717, 1.165) is 17.6 Å². The maximum absolute atomic E-state index is 13.6. The number of amides is 1. The maximum Gasteiger partial charge on any atom is 0.409 e. The largest absolute Gasteiger partial charge is 0.496 e. The van der Waals surface area contributed by atoms with Gasteiger partial charge in [0, 0.05) is 12.7 Å². The summed E-state index contributed by atoms with van der Waals surface area (Å²) in [7, 11) is 1.36. The highest BCUT2D eigenvalue weighted by Gasteiger charge is 2.40. The summed E-state index contributed by atoms with van der Waals surface area (Å²) in [5.74, 6) is -1.05. The van der Waals surface area contributed by atoms with Gasteiger partial charge in [-0.05, 0) is 48.9 Å². The van der Waals surface area contributed by atoms with Gasteiger partial charge in [-0.2, -0.15) is 13.2 Å². The molecule has 3 N–H and O–H groups in total. The van der Waals surface area contributed by atoms with Crippen LogP contribution < -0.4 is 21.5 Å². The van der Waals surface area contributed by atoms with Crippen molar-refractivity contribution in [2.24, 2.45) is 0 Å². The third kappa shape index (κ3) is 4.49. The number of imidazole rings is 1. The Hall–Kier alpha value is -4.35. The SMILES string of the molecule is COc1ccc(F)cc1C(=O)NCc1ccc(-n2c(=O)n(C(C)C(F)(F)F)c3ccnc(N)c32)cc1. The fourth-order valence-corrected chi connectivity index (χ4v) is 3.85. The Morgan fingerprint density at radius 3 is 2.50 bits per heavy atom. The number of hydrogen-bond donors (Lipinski definition) is 2. The molecule has 36 heavy (non-hydrogen) atoms. The average Bonchev–Trinajstić information content (AvgIpc) is 3.14. The predicted molar refractivity (Wildman–Crippen MR) is 125 cm³/mol. The summed E-state index contributed by atoms with van der Waals surface area (Å²) in [6.07, 6.45) is -3.42. The van der Waals surface area contributed by atoms with Crippen LogP contribution in [0.3, 0.4) is 0 Å². The number of nitrogens with two attached hydrogens (primary N) is 1. The van der Waals surface area contributed by atoms with E-state index in [0.29, 0.717) is 10.1 Å². The molecule has 2 aromatic carbocycles. The van der Waals surface area contributed by atoms with Crippen LogP contribution in [0.4, 0.5) is 23.4 Å². The number of hydrogen-bond acceptors (Lipinski definition) is 5. The van der Waals surface area contributed by atoms with Crippen LogP contribution in [0.15, 0.2) is 59.5 Å². The first-order chi connectivity index (χ1) is 17.0. The summed E-state index contributed by atoms with van der Waals surface area (Å²) < 4.78 is 60.8. The third-order valence-electron chi connectivity index (χ3n) is 5.73. The lowest BCUT2D eigenvalue weighted by Gasteiger charge is -2.17. The topological polar surface area (TPSA) is 104 Å². The molecule has 8 nitrogen and oxygen atoms in total. The Bertz CT molecular complexity index is 1490. The number of nitrogen functional groups attached to an aromatic ring is 1. The molecule has 0 aliphatic rings. The standard InChI is InChI=1S/C24H21F4N5O3/c1-13(24(26,27)28)32-18-9-10-30-21(29)20(18)33(23(32)35)16-6-3-14(4-7-16)12-31-22(34)17-11-15(25)5-8-19(17)36-2/h3-11,13H,12H2,1-2H3,(H2,29,30)(H,31,34). The summed E-state index contributed by atoms with van der Waals surface area (Å²) >= 11 is 0. The van der Waals surface area contributed by atoms with Crippen LogP contribution in [-0.4, -0.2) is 33.3 Å². The van der Waals surface area contributed by atoms with E-state index >= 15 is 0 Å². The maximum atomic E-state index is 13.6. The van der Waals surface area contributed by atoms with Gasteiger partial charge in [-0.25, -0.2) is 14.2 Å². The summed E-state index contributed by atoms with van der Waals surface area (Å²) in [6, 6.07) is 8.99. The number of rotatable bonds is 6. The highest BCUT2D eigenvalue weighted by atomic mass is 19.4. The number of halogens is 4. The number of alkyl halides is 3. The van der Waals surface area contributed by atoms with Crippen molar-refractivity contribution < 1.29 is 27.1 Å². The van der Waals surface area contributed by atoms with E-state index in [-0.39, 0.29) is 40.4 Å². The Balaban J connectivity index is 1.65. The van der Waals surface area contributed by atoms with Crippen LogP contribution in [0.5, 0.6) is 5.75 Å². The zero-order valence-electron chi connectivity index (χ0n) is 19.1. The van der Waals surface area contributed by atoms with Gasteiger partial charge >= 0.3 is 11.9 Å². The first-order valence-electron chi connectivity index (χ1n) is 10.7. The minimum absolute atomic E-state index is 0.00212. The monoisotopic (exact) mass is 503 g/mol. The first-order valence-corrected chi connectivity index (χ1v) is 10.7. The number of fused-ring (bicyclic) bond motifs is 1. The Labute approximate surface area is 201 Å². The molecule has 0 radical (unpaired) electrons. The number of methoxy groups -OCH3 is 1. The second kappa shape index (κ2) is 9.36. The Morgan fingerprint density at radius 2 is 1.86 bits per heavy atom. The van der Waals surface area contributed by atoms with Crippen LogP contribution >= 0.6 is 0 Å². The molecule has 188 valence electrons. The summed E-state index contributed by atoms with van der Waals surface area (Å²) in [5, 5.41) is 2.65. The van der Waals surface area contributed by atoms with E-state index in [1.807, 2.05) is 0 Å². The van der Waals surface area contributed by atoms with Gasteiger partial charge in [0.25, 0.3) is 5.91 Å². The number of pyridine rings is 1. The van der Waals surface area contributed by atoms with Crippen molar-refractivity contribution >= 4 is 22.8 Å². The van der Waals surface area contributed by atoms with Crippen LogP contribution in [0.1, 0.15) is 28.9 Å². The molecule has 2 aromatic heterocycles. The van der Waals surface area contributed by atoms with Gasteiger partial charge in [0.1, 0.15) is 28.9 Å². The number of carbonyl (C=O) groups is 1. The molecule has 0 fully saturated rings. The van der Waals surface area contributed by atoms with Gasteiger partial charge in [-0.15, -0.1) is 0 Å². The van der Waals surface area contributed by atoms with E-state index in [1.54, 1.807) is 12.1 Å². The molecular formula is C24H21F4N5O3. The molecule has 1 atom stereocenters. The Kier molecular flexibility index (Phi) is 6.44. The zero-order valence-corrected chi connectivity index (χ0v) is 19.1. The lowest BCUT2D eigenvalue weighted by Crippen LogP contribution is -2.33. The van der Waals surface area contributed by atoms with Gasteiger partial charge in [-0.1, -0.05) is 12.1 Å². The van der Waals surface area contributed by atoms with Crippen LogP contribution in [0, 0.1) is 5.82 Å². The molecule has 12 heteroatoms. The van der Waals surface area contributed by atoms with Gasteiger partial charge in [0.05, 0.1) is 23.9 Å². The number of aromatic nitrogens is 3. The highest BCUT2D eigenvalue weighted by molar-refractivity contribution is 5.96. The van der Waals surface area contributed by atoms with Crippen molar-refractivity contribution in [2.75, 3.05) is 12.8 Å². The normalized spacial score (nSPS) is 12.5. The van der Waals surface area contributed by atoms with E-state index in [4.69, 9.17) is 10.5 Å². The Morgan fingerprint density at radius 1 is 1.17 bits per heavy atom. The lowest BCUT2D eigenvalue weighted by molar-refractivity contribution is -0.162. The van der Waals surface area contributed by atoms with Gasteiger partial charge in [0.15, 0.2) is 0 Å². The smallest absolute Gasteiger partial charge is 0.409 e. The minimum Gasteiger partial charge on any atom is -0.496 e. The molecule has 0 aliphatic heterocycles. The highest BCUT2D eigenvalue weighted by Crippen LogP contribution is 2.33. The fraction of sp³-hybridized carbons (Fsp3) is 0.208. The number of anilines is 1. The van der Waals surface area contributed by atoms with Gasteiger partial charge in [-0.3, -0.25) is 13.9 Å². The fourth-order valence-electron chi connectivity index (χ4n) is 3.85. The molecule has 4 aromatic rings. The van der Waals surface area contributed by atoms with Crippen molar-refractivity contribution in [3.05, 3.63) is 82.2 Å². The van der Waals surface area contributed by atoms with Crippen molar-refractivity contribution in [1.29, 1.82) is 0 Å². The van der Waals surface area contributed by atoms with Crippen molar-refractivity contribution in [1.82, 2.24) is 19.4 Å². The van der Waals surface area contributed by atoms with Crippen LogP contribution in [-0.2, 0) is 6.54 Å². The molecule has 0 bridgehead atoms. The van der Waals surface area contributed by atoms with Crippen LogP contribution in [0.2, 0.25) is 0 Å². The number of carbonyl (C=O) groups excluding carboxylic acids is 1. The van der Waals surface area contributed by atoms with E-state index in [2.05, 4.69) is 10.3 Å². The van der Waals surface area contributed by atoms with Crippen molar-refractivity contribution in [3.8, 4) is 11.4 Å². The summed E-state index contributed by atoms with van der Waals surface area (Å²) in [5.41, 5.74) is 5.97. The zero-order chi connectivity index (χ0) is 26.2. The van der Waals surface area contributed by atoms with Gasteiger partial charge < -0.3 is 15.8 Å². The molecular weight excluding hydrogens is 482 g/mol. The molecule has 0 saturated carbocycles. The first kappa shape index (κ1) is 24.8. The van der Waals surface area contributed by atoms with E-state index in [1.165, 1.54) is 43.6 Å². The third-order valence-corrected chi connectivity index (χ3v) is 5.73. The van der Waals surface area contributed by atoms with E-state index in [9.17, 15) is 27.2 Å². The molecule has 0 aliphatic carbocycles. The van der Waals surface area contributed by atoms with Crippen molar-refractivity contribution in [3.63, 3.8) is 0 Å². The minimum atomic E-state index is -4.66. The summed E-state index contributed by atoms with van der Waals surface area (Å²) in [4.78, 5) is 29.5. The van der Waals surface area contributed by atoms with Gasteiger partial charge in [0.2, 0.25) is 0 Å². The van der Waals surface area contributed by atoms with E-state index < -0.39 is 29.6 Å². The number of ether oxygens (including phenoxy) is 1. The molecule has 0 saturated heterocycles. The second-order valence-electron chi connectivity index (χ2n) is 7.96. The number of nitrogens with one attached hydrogen (secondary N) is 1. The molecule has 1 amide bonds. The number of benzene rings is 2. The van der Waals surface area contributed by atoms with Crippen molar-refractivity contribution in [2.45, 2.75) is 25.7 Å². The average molecular weight is 503 g/mol. The molecule has 0 spiro atoms. The predicted octanol–water partition coefficient (Wildman–Crippen LogP) is 3.97. The molecule has 1 unspecified atom stereocenters. The summed E-state index contributed by atoms with van der Waals surface area (Å²) in [6.45, 7) is 0.950. The molecule has 2 heterocycles. The second-order valence-corrected chi connectivity index (χ2v) is 7.96. The quantitative estimate of drug-likeness (QED) is 0.388. The molecule has 4 rings (SSSR count). The number of nitrogens with zero attached hydrogens (tertiary/aromatic N) is 3.